The van der Waals surface area contributed by atoms with Crippen molar-refractivity contribution < 1.29 is 14.3 Å². The molecule has 0 saturated carbocycles. The highest BCUT2D eigenvalue weighted by Gasteiger charge is 2.40. The average molecular weight is 298 g/mol. The molecule has 0 spiro atoms. The molecular formula is C16H30N2O3. The van der Waals surface area contributed by atoms with Gasteiger partial charge >= 0.3 is 0 Å². The summed E-state index contributed by atoms with van der Waals surface area (Å²) in [6.45, 7) is 11.2. The van der Waals surface area contributed by atoms with Crippen molar-refractivity contribution in [2.75, 3.05) is 26.4 Å². The Morgan fingerprint density at radius 2 is 1.90 bits per heavy atom. The minimum Gasteiger partial charge on any atom is -0.376 e. The van der Waals surface area contributed by atoms with E-state index >= 15 is 0 Å². The molecule has 2 aliphatic heterocycles. The van der Waals surface area contributed by atoms with Crippen LogP contribution in [0.5, 0.6) is 0 Å². The van der Waals surface area contributed by atoms with Crippen LogP contribution in [0, 0.1) is 11.8 Å². The van der Waals surface area contributed by atoms with Crippen molar-refractivity contribution in [3.8, 4) is 0 Å². The van der Waals surface area contributed by atoms with E-state index in [1.165, 1.54) is 0 Å². The highest BCUT2D eigenvalue weighted by Crippen LogP contribution is 2.22. The molecule has 2 rings (SSSR count). The van der Waals surface area contributed by atoms with Gasteiger partial charge in [-0.2, -0.15) is 0 Å². The van der Waals surface area contributed by atoms with Gasteiger partial charge in [0.1, 0.15) is 0 Å². The molecule has 21 heavy (non-hydrogen) atoms. The molecule has 0 radical (unpaired) electrons. The van der Waals surface area contributed by atoms with Crippen LogP contribution in [-0.4, -0.2) is 55.5 Å². The second-order valence-electron chi connectivity index (χ2n) is 7.05. The van der Waals surface area contributed by atoms with Crippen LogP contribution in [0.3, 0.4) is 0 Å². The Bertz CT molecular complexity index is 340. The lowest BCUT2D eigenvalue weighted by Gasteiger charge is -2.31. The average Bonchev–Trinajstić information content (AvgIpc) is 2.67. The summed E-state index contributed by atoms with van der Waals surface area (Å²) in [6.07, 6.45) is 2.02. The molecular weight excluding hydrogens is 268 g/mol. The van der Waals surface area contributed by atoms with Crippen LogP contribution in [0.1, 0.15) is 40.5 Å². The first kappa shape index (κ1) is 16.7. The van der Waals surface area contributed by atoms with Crippen molar-refractivity contribution in [2.24, 2.45) is 11.8 Å². The third kappa shape index (κ3) is 4.66. The van der Waals surface area contributed by atoms with Crippen LogP contribution in [0.4, 0.5) is 0 Å². The Morgan fingerprint density at radius 3 is 2.48 bits per heavy atom. The number of hydrogen-bond acceptors (Lipinski definition) is 4. The Kier molecular flexibility index (Phi) is 6.02. The highest BCUT2D eigenvalue weighted by molar-refractivity contribution is 5.84. The van der Waals surface area contributed by atoms with Crippen molar-refractivity contribution in [3.05, 3.63) is 0 Å². The normalized spacial score (nSPS) is 30.7. The predicted octanol–water partition coefficient (Wildman–Crippen LogP) is 1.62. The number of nitrogens with one attached hydrogen (secondary N) is 1. The van der Waals surface area contributed by atoms with E-state index in [0.717, 1.165) is 12.8 Å². The van der Waals surface area contributed by atoms with Gasteiger partial charge in [0.2, 0.25) is 5.91 Å². The summed E-state index contributed by atoms with van der Waals surface area (Å²) < 4.78 is 11.2. The Balaban J connectivity index is 2.00. The molecule has 2 aliphatic rings. The molecule has 5 nitrogen and oxygen atoms in total. The van der Waals surface area contributed by atoms with Gasteiger partial charge < -0.3 is 14.4 Å². The van der Waals surface area contributed by atoms with Crippen molar-refractivity contribution in [1.82, 2.24) is 10.2 Å². The molecule has 2 fully saturated rings. The summed E-state index contributed by atoms with van der Waals surface area (Å²) in [6, 6.07) is -0.0433. The van der Waals surface area contributed by atoms with Crippen molar-refractivity contribution >= 4 is 5.91 Å². The number of amides is 1. The molecule has 3 atom stereocenters. The summed E-state index contributed by atoms with van der Waals surface area (Å²) in [4.78, 5) is 14.7. The quantitative estimate of drug-likeness (QED) is 0.809. The Morgan fingerprint density at radius 1 is 1.19 bits per heavy atom. The third-order valence-corrected chi connectivity index (χ3v) is 4.04. The van der Waals surface area contributed by atoms with E-state index in [0.29, 0.717) is 38.2 Å². The van der Waals surface area contributed by atoms with Crippen LogP contribution >= 0.6 is 0 Å². The highest BCUT2D eigenvalue weighted by atomic mass is 16.6. The fourth-order valence-electron chi connectivity index (χ4n) is 3.11. The molecule has 0 aromatic rings. The molecule has 0 aliphatic carbocycles. The smallest absolute Gasteiger partial charge is 0.241 e. The lowest BCUT2D eigenvalue weighted by Crippen LogP contribution is -2.46. The summed E-state index contributed by atoms with van der Waals surface area (Å²) in [7, 11) is 0. The molecule has 1 N–H and O–H groups in total. The molecule has 2 saturated heterocycles. The molecule has 0 bridgehead atoms. The molecule has 122 valence electrons. The van der Waals surface area contributed by atoms with Gasteiger partial charge in [-0.15, -0.1) is 0 Å². The van der Waals surface area contributed by atoms with E-state index in [1.807, 2.05) is 4.90 Å². The van der Waals surface area contributed by atoms with Crippen LogP contribution in [0.2, 0.25) is 0 Å². The first-order chi connectivity index (χ1) is 9.97. The number of carbonyl (C=O) groups is 1. The summed E-state index contributed by atoms with van der Waals surface area (Å²) in [5.41, 5.74) is 0. The van der Waals surface area contributed by atoms with Gasteiger partial charge in [0, 0.05) is 0 Å². The predicted molar refractivity (Wildman–Crippen MR) is 81.9 cm³/mol. The lowest BCUT2D eigenvalue weighted by atomic mass is 10.0. The standard InChI is InChI=1S/C16H30N2O3/c1-11(2)7-14-16(19)18(15(17-14)8-12(3)4)9-13-10-20-5-6-21-13/h11-15,17H,5-10H2,1-4H3. The van der Waals surface area contributed by atoms with Crippen LogP contribution in [0.15, 0.2) is 0 Å². The summed E-state index contributed by atoms with van der Waals surface area (Å²) >= 11 is 0. The fraction of sp³-hybridized carbons (Fsp3) is 0.938. The molecule has 2 heterocycles. The number of carbonyl (C=O) groups excluding carboxylic acids is 1. The monoisotopic (exact) mass is 298 g/mol. The second-order valence-corrected chi connectivity index (χ2v) is 7.05. The molecule has 0 aromatic heterocycles. The van der Waals surface area contributed by atoms with Crippen LogP contribution in [0.25, 0.3) is 0 Å². The van der Waals surface area contributed by atoms with E-state index in [-0.39, 0.29) is 24.2 Å². The van der Waals surface area contributed by atoms with Gasteiger partial charge in [0.25, 0.3) is 0 Å². The fourth-order valence-corrected chi connectivity index (χ4v) is 3.11. The summed E-state index contributed by atoms with van der Waals surface area (Å²) in [5, 5.41) is 3.52. The first-order valence-corrected chi connectivity index (χ1v) is 8.23. The van der Waals surface area contributed by atoms with Crippen LogP contribution in [-0.2, 0) is 14.3 Å². The number of hydrogen-bond donors (Lipinski definition) is 1. The van der Waals surface area contributed by atoms with E-state index in [1.54, 1.807) is 0 Å². The van der Waals surface area contributed by atoms with Crippen molar-refractivity contribution in [2.45, 2.75) is 58.8 Å². The molecule has 0 aromatic carbocycles. The van der Waals surface area contributed by atoms with Gasteiger partial charge in [-0.25, -0.2) is 0 Å². The Hall–Kier alpha value is -0.650. The van der Waals surface area contributed by atoms with Gasteiger partial charge in [-0.05, 0) is 24.7 Å². The van der Waals surface area contributed by atoms with Crippen LogP contribution < -0.4 is 5.32 Å². The minimum atomic E-state index is -0.0433. The summed E-state index contributed by atoms with van der Waals surface area (Å²) in [5.74, 6) is 1.29. The van der Waals surface area contributed by atoms with Gasteiger partial charge in [-0.3, -0.25) is 10.1 Å². The zero-order valence-corrected chi connectivity index (χ0v) is 13.8. The molecule has 3 unspecified atom stereocenters. The number of ether oxygens (including phenoxy) is 2. The minimum absolute atomic E-state index is 0.0111. The maximum absolute atomic E-state index is 12.7. The van der Waals surface area contributed by atoms with E-state index in [4.69, 9.17) is 9.47 Å². The van der Waals surface area contributed by atoms with Crippen molar-refractivity contribution in [1.29, 1.82) is 0 Å². The topological polar surface area (TPSA) is 50.8 Å². The van der Waals surface area contributed by atoms with E-state index in [9.17, 15) is 4.79 Å². The Labute approximate surface area is 128 Å². The van der Waals surface area contributed by atoms with Gasteiger partial charge in [0.15, 0.2) is 0 Å². The second kappa shape index (κ2) is 7.56. The van der Waals surface area contributed by atoms with Gasteiger partial charge in [-0.1, -0.05) is 27.7 Å². The van der Waals surface area contributed by atoms with E-state index < -0.39 is 0 Å². The first-order valence-electron chi connectivity index (χ1n) is 8.23. The van der Waals surface area contributed by atoms with Gasteiger partial charge in [0.05, 0.1) is 44.7 Å². The lowest BCUT2D eigenvalue weighted by molar-refractivity contribution is -0.137. The number of rotatable bonds is 6. The zero-order valence-electron chi connectivity index (χ0n) is 13.8. The maximum atomic E-state index is 12.7. The van der Waals surface area contributed by atoms with Crippen molar-refractivity contribution in [3.63, 3.8) is 0 Å². The largest absolute Gasteiger partial charge is 0.376 e. The SMILES string of the molecule is CC(C)CC1NC(CC(C)C)N(CC2COCCO2)C1=O. The molecule has 1 amide bonds. The van der Waals surface area contributed by atoms with E-state index in [2.05, 4.69) is 33.0 Å². The third-order valence-electron chi connectivity index (χ3n) is 4.04. The zero-order chi connectivity index (χ0) is 15.4. The molecule has 5 heteroatoms. The number of nitrogens with zero attached hydrogens (tertiary/aromatic N) is 1. The maximum Gasteiger partial charge on any atom is 0.241 e.